The van der Waals surface area contributed by atoms with Gasteiger partial charge in [0.2, 0.25) is 0 Å². The normalized spacial score (nSPS) is 11.6. The standard InChI is InChI=1S/C24H28ClN3O2S/c1-2-3-10-23-27-15-20(28(23)16-19-7-4-5-9-22(19)25)12-18(17-30-24(29)14-26)13-21-8-6-11-31-21/h4-9,11-12,15H,2-3,10,13-14,16-17,26H2,1H3/b18-12+. The number of ether oxygens (including phenoxy) is 1. The van der Waals surface area contributed by atoms with E-state index >= 15 is 0 Å². The highest BCUT2D eigenvalue weighted by molar-refractivity contribution is 7.09. The minimum atomic E-state index is -0.412. The van der Waals surface area contributed by atoms with Crippen molar-refractivity contribution >= 4 is 35.0 Å². The molecule has 2 aromatic heterocycles. The van der Waals surface area contributed by atoms with Gasteiger partial charge in [0.25, 0.3) is 0 Å². The number of thiophene rings is 1. The number of benzene rings is 1. The van der Waals surface area contributed by atoms with E-state index in [4.69, 9.17) is 27.1 Å². The second-order valence-electron chi connectivity index (χ2n) is 7.30. The van der Waals surface area contributed by atoms with Crippen molar-refractivity contribution in [2.24, 2.45) is 5.73 Å². The lowest BCUT2D eigenvalue weighted by Gasteiger charge is -2.13. The predicted molar refractivity (Wildman–Crippen MR) is 127 cm³/mol. The summed E-state index contributed by atoms with van der Waals surface area (Å²) in [5.41, 5.74) is 8.41. The molecule has 3 rings (SSSR count). The Labute approximate surface area is 192 Å². The van der Waals surface area contributed by atoms with Crippen molar-refractivity contribution in [3.63, 3.8) is 0 Å². The van der Waals surface area contributed by atoms with Crippen molar-refractivity contribution < 1.29 is 9.53 Å². The Morgan fingerprint density at radius 1 is 1.29 bits per heavy atom. The first-order valence-electron chi connectivity index (χ1n) is 10.5. The monoisotopic (exact) mass is 457 g/mol. The molecule has 5 nitrogen and oxygen atoms in total. The van der Waals surface area contributed by atoms with E-state index in [-0.39, 0.29) is 13.2 Å². The molecule has 0 saturated carbocycles. The van der Waals surface area contributed by atoms with Crippen molar-refractivity contribution in [2.75, 3.05) is 13.2 Å². The van der Waals surface area contributed by atoms with Gasteiger partial charge in [-0.3, -0.25) is 4.79 Å². The van der Waals surface area contributed by atoms with E-state index in [2.05, 4.69) is 23.6 Å². The summed E-state index contributed by atoms with van der Waals surface area (Å²) in [7, 11) is 0. The number of nitrogens with two attached hydrogens (primary N) is 1. The maximum atomic E-state index is 11.6. The molecule has 1 aromatic carbocycles. The molecular formula is C24H28ClN3O2S. The first kappa shape index (κ1) is 23.3. The van der Waals surface area contributed by atoms with Crippen LogP contribution in [0.15, 0.2) is 53.5 Å². The average molecular weight is 458 g/mol. The van der Waals surface area contributed by atoms with Gasteiger partial charge in [0.05, 0.1) is 25.0 Å². The van der Waals surface area contributed by atoms with Crippen LogP contribution in [0.1, 0.15) is 41.7 Å². The molecule has 0 radical (unpaired) electrons. The summed E-state index contributed by atoms with van der Waals surface area (Å²) in [6.07, 6.45) is 7.74. The molecule has 0 aliphatic rings. The number of carbonyl (C=O) groups is 1. The number of aryl methyl sites for hydroxylation is 1. The molecule has 0 aliphatic carbocycles. The van der Waals surface area contributed by atoms with Crippen LogP contribution in [0.5, 0.6) is 0 Å². The third-order valence-corrected chi connectivity index (χ3v) is 6.17. The quantitative estimate of drug-likeness (QED) is 0.406. The van der Waals surface area contributed by atoms with Crippen molar-refractivity contribution in [3.05, 3.63) is 80.5 Å². The Kier molecular flexibility index (Phi) is 8.88. The molecule has 31 heavy (non-hydrogen) atoms. The fourth-order valence-corrected chi connectivity index (χ4v) is 4.23. The summed E-state index contributed by atoms with van der Waals surface area (Å²) in [5, 5.41) is 2.78. The Hall–Kier alpha value is -2.41. The third-order valence-electron chi connectivity index (χ3n) is 4.93. The van der Waals surface area contributed by atoms with Crippen molar-refractivity contribution in [3.8, 4) is 0 Å². The molecule has 0 saturated heterocycles. The Morgan fingerprint density at radius 2 is 2.13 bits per heavy atom. The zero-order chi connectivity index (χ0) is 22.1. The number of nitrogens with zero attached hydrogens (tertiary/aromatic N) is 2. The maximum absolute atomic E-state index is 11.6. The molecule has 7 heteroatoms. The summed E-state index contributed by atoms with van der Waals surface area (Å²) in [5.74, 6) is 0.618. The second kappa shape index (κ2) is 11.8. The Balaban J connectivity index is 1.94. The summed E-state index contributed by atoms with van der Waals surface area (Å²) in [6.45, 7) is 2.89. The van der Waals surface area contributed by atoms with Crippen LogP contribution >= 0.6 is 22.9 Å². The van der Waals surface area contributed by atoms with Gasteiger partial charge in [0.15, 0.2) is 0 Å². The van der Waals surface area contributed by atoms with Crippen molar-refractivity contribution in [1.29, 1.82) is 0 Å². The first-order valence-corrected chi connectivity index (χ1v) is 11.7. The van der Waals surface area contributed by atoms with E-state index in [1.165, 1.54) is 4.88 Å². The second-order valence-corrected chi connectivity index (χ2v) is 8.74. The van der Waals surface area contributed by atoms with Gasteiger partial charge in [-0.25, -0.2) is 4.98 Å². The minimum absolute atomic E-state index is 0.127. The molecule has 0 unspecified atom stereocenters. The van der Waals surface area contributed by atoms with Gasteiger partial charge in [0.1, 0.15) is 12.4 Å². The highest BCUT2D eigenvalue weighted by atomic mass is 35.5. The van der Waals surface area contributed by atoms with Gasteiger partial charge < -0.3 is 15.0 Å². The zero-order valence-electron chi connectivity index (χ0n) is 17.7. The minimum Gasteiger partial charge on any atom is -0.460 e. The fraction of sp³-hybridized carbons (Fsp3) is 0.333. The van der Waals surface area contributed by atoms with Crippen molar-refractivity contribution in [2.45, 2.75) is 39.2 Å². The lowest BCUT2D eigenvalue weighted by Crippen LogP contribution is -2.18. The third kappa shape index (κ3) is 6.79. The van der Waals surface area contributed by atoms with Gasteiger partial charge >= 0.3 is 5.97 Å². The van der Waals surface area contributed by atoms with Crippen LogP contribution < -0.4 is 5.73 Å². The van der Waals surface area contributed by atoms with E-state index in [1.807, 2.05) is 41.9 Å². The number of imidazole rings is 1. The lowest BCUT2D eigenvalue weighted by molar-refractivity contribution is -0.140. The molecule has 0 atom stereocenters. The first-order chi connectivity index (χ1) is 15.1. The SMILES string of the molecule is CCCCc1ncc(/C=C(/COC(=O)CN)Cc2cccs2)n1Cc1ccccc1Cl. The van der Waals surface area contributed by atoms with E-state index in [9.17, 15) is 4.79 Å². The molecule has 3 aromatic rings. The van der Waals surface area contributed by atoms with Crippen LogP contribution in [0.25, 0.3) is 6.08 Å². The topological polar surface area (TPSA) is 70.1 Å². The summed E-state index contributed by atoms with van der Waals surface area (Å²) in [6, 6.07) is 12.0. The smallest absolute Gasteiger partial charge is 0.320 e. The predicted octanol–water partition coefficient (Wildman–Crippen LogP) is 5.12. The van der Waals surface area contributed by atoms with E-state index in [1.54, 1.807) is 11.3 Å². The van der Waals surface area contributed by atoms with Crippen LogP contribution in [0, 0.1) is 0 Å². The molecule has 0 spiro atoms. The van der Waals surface area contributed by atoms with Gasteiger partial charge in [-0.1, -0.05) is 49.2 Å². The van der Waals surface area contributed by atoms with Crippen molar-refractivity contribution in [1.82, 2.24) is 9.55 Å². The fourth-order valence-electron chi connectivity index (χ4n) is 3.28. The van der Waals surface area contributed by atoms with Crippen LogP contribution in [-0.2, 0) is 28.9 Å². The average Bonchev–Trinajstić information content (AvgIpc) is 3.42. The van der Waals surface area contributed by atoms with Crippen LogP contribution in [0.4, 0.5) is 0 Å². The van der Waals surface area contributed by atoms with Gasteiger partial charge in [-0.15, -0.1) is 11.3 Å². The van der Waals surface area contributed by atoms with Crippen LogP contribution in [-0.4, -0.2) is 28.7 Å². The number of hydrogen-bond acceptors (Lipinski definition) is 5. The number of hydrogen-bond donors (Lipinski definition) is 1. The Morgan fingerprint density at radius 3 is 2.84 bits per heavy atom. The zero-order valence-corrected chi connectivity index (χ0v) is 19.3. The number of carbonyl (C=O) groups excluding carboxylic acids is 1. The number of halogens is 1. The molecule has 0 aliphatic heterocycles. The molecule has 0 bridgehead atoms. The summed E-state index contributed by atoms with van der Waals surface area (Å²) < 4.78 is 7.55. The number of rotatable bonds is 11. The Bertz CT molecular complexity index is 1010. The molecule has 2 N–H and O–H groups in total. The van der Waals surface area contributed by atoms with E-state index < -0.39 is 5.97 Å². The molecule has 2 heterocycles. The summed E-state index contributed by atoms with van der Waals surface area (Å²) in [4.78, 5) is 17.5. The molecule has 0 fully saturated rings. The summed E-state index contributed by atoms with van der Waals surface area (Å²) >= 11 is 8.12. The highest BCUT2D eigenvalue weighted by Gasteiger charge is 2.13. The van der Waals surface area contributed by atoms with Crippen LogP contribution in [0.3, 0.4) is 0 Å². The number of esters is 1. The van der Waals surface area contributed by atoms with Crippen LogP contribution in [0.2, 0.25) is 5.02 Å². The van der Waals surface area contributed by atoms with E-state index in [0.29, 0.717) is 13.0 Å². The van der Waals surface area contributed by atoms with E-state index in [0.717, 1.165) is 46.9 Å². The largest absolute Gasteiger partial charge is 0.460 e. The van der Waals surface area contributed by atoms with Gasteiger partial charge in [-0.2, -0.15) is 0 Å². The number of unbranched alkanes of at least 4 members (excludes halogenated alkanes) is 1. The van der Waals surface area contributed by atoms with Gasteiger partial charge in [0, 0.05) is 22.7 Å². The number of aromatic nitrogens is 2. The van der Waals surface area contributed by atoms with Gasteiger partial charge in [-0.05, 0) is 41.1 Å². The molecule has 0 amide bonds. The lowest BCUT2D eigenvalue weighted by atomic mass is 10.1. The highest BCUT2D eigenvalue weighted by Crippen LogP contribution is 2.22. The molecular weight excluding hydrogens is 430 g/mol. The molecule has 164 valence electrons. The maximum Gasteiger partial charge on any atom is 0.320 e.